The molecule has 3 heterocycles. The summed E-state index contributed by atoms with van der Waals surface area (Å²) in [5, 5.41) is 5.68. The van der Waals surface area contributed by atoms with E-state index in [1.54, 1.807) is 36.5 Å². The van der Waals surface area contributed by atoms with Crippen molar-refractivity contribution in [2.75, 3.05) is 23.8 Å². The van der Waals surface area contributed by atoms with Crippen molar-refractivity contribution in [3.63, 3.8) is 0 Å². The Morgan fingerprint density at radius 2 is 1.63 bits per heavy atom. The predicted octanol–water partition coefficient (Wildman–Crippen LogP) is 5.34. The number of fused-ring (bicyclic) bond motifs is 2. The Morgan fingerprint density at radius 1 is 0.921 bits per heavy atom. The average Bonchev–Trinajstić information content (AvgIpc) is 3.73. The molecule has 2 N–H and O–H groups in total. The van der Waals surface area contributed by atoms with Gasteiger partial charge in [0.15, 0.2) is 11.5 Å². The quantitative estimate of drug-likeness (QED) is 0.321. The smallest absolute Gasteiger partial charge is 0.257 e. The predicted molar refractivity (Wildman–Crippen MR) is 137 cm³/mol. The molecule has 0 spiro atoms. The summed E-state index contributed by atoms with van der Waals surface area (Å²) in [5.74, 6) is 0.334. The highest BCUT2D eigenvalue weighted by Crippen LogP contribution is 2.48. The second-order valence-corrected chi connectivity index (χ2v) is 9.32. The van der Waals surface area contributed by atoms with Gasteiger partial charge in [-0.15, -0.1) is 0 Å². The molecule has 0 unspecified atom stereocenters. The number of nitrogens with zero attached hydrogens (tertiary/aromatic N) is 2. The van der Waals surface area contributed by atoms with Crippen molar-refractivity contribution in [2.24, 2.45) is 5.41 Å². The molecule has 0 bridgehead atoms. The minimum absolute atomic E-state index is 0.242. The van der Waals surface area contributed by atoms with Crippen LogP contribution in [0.15, 0.2) is 60.8 Å². The van der Waals surface area contributed by atoms with Gasteiger partial charge < -0.3 is 24.8 Å². The van der Waals surface area contributed by atoms with Crippen LogP contribution in [0.2, 0.25) is 5.02 Å². The molecular formula is C27H20ClFN4O5. The van der Waals surface area contributed by atoms with Crippen molar-refractivity contribution in [1.29, 1.82) is 0 Å². The van der Waals surface area contributed by atoms with Gasteiger partial charge in [-0.2, -0.15) is 0 Å². The fraction of sp³-hybridized carbons (Fsp3) is 0.185. The van der Waals surface area contributed by atoms with Gasteiger partial charge >= 0.3 is 0 Å². The molecule has 192 valence electrons. The van der Waals surface area contributed by atoms with Gasteiger partial charge in [0, 0.05) is 29.7 Å². The van der Waals surface area contributed by atoms with Gasteiger partial charge in [0.2, 0.25) is 11.8 Å². The first kappa shape index (κ1) is 23.9. The third-order valence-electron chi connectivity index (χ3n) is 6.32. The third kappa shape index (κ3) is 4.54. The van der Waals surface area contributed by atoms with Crippen LogP contribution in [0.5, 0.6) is 23.1 Å². The van der Waals surface area contributed by atoms with Crippen molar-refractivity contribution < 1.29 is 28.2 Å². The van der Waals surface area contributed by atoms with E-state index >= 15 is 0 Å². The molecule has 4 aromatic rings. The summed E-state index contributed by atoms with van der Waals surface area (Å²) >= 11 is 6.47. The number of rotatable bonds is 6. The number of carbonyl (C=O) groups is 2. The zero-order chi connectivity index (χ0) is 26.3. The van der Waals surface area contributed by atoms with Crippen molar-refractivity contribution in [3.05, 3.63) is 71.6 Å². The summed E-state index contributed by atoms with van der Waals surface area (Å²) in [4.78, 5) is 34.6. The summed E-state index contributed by atoms with van der Waals surface area (Å²) in [5.41, 5.74) is 0.680. The van der Waals surface area contributed by atoms with Crippen LogP contribution in [-0.2, 0) is 9.59 Å². The van der Waals surface area contributed by atoms with Crippen LogP contribution >= 0.6 is 11.6 Å². The lowest BCUT2D eigenvalue weighted by Crippen LogP contribution is -2.35. The minimum Gasteiger partial charge on any atom is -0.484 e. The highest BCUT2D eigenvalue weighted by atomic mass is 35.5. The van der Waals surface area contributed by atoms with E-state index in [1.165, 1.54) is 24.3 Å². The lowest BCUT2D eigenvalue weighted by molar-refractivity contribution is -0.131. The van der Waals surface area contributed by atoms with Gasteiger partial charge in [0.25, 0.3) is 5.88 Å². The van der Waals surface area contributed by atoms with Crippen molar-refractivity contribution >= 4 is 45.8 Å². The number of anilines is 2. The normalized spacial score (nSPS) is 15.0. The van der Waals surface area contributed by atoms with E-state index < -0.39 is 23.0 Å². The highest BCUT2D eigenvalue weighted by molar-refractivity contribution is 6.32. The topological polar surface area (TPSA) is 112 Å². The van der Waals surface area contributed by atoms with Gasteiger partial charge in [-0.1, -0.05) is 11.6 Å². The molecule has 38 heavy (non-hydrogen) atoms. The van der Waals surface area contributed by atoms with E-state index in [1.807, 2.05) is 0 Å². The van der Waals surface area contributed by atoms with Crippen LogP contribution in [0.4, 0.5) is 15.8 Å². The van der Waals surface area contributed by atoms with Gasteiger partial charge in [0.1, 0.15) is 35.7 Å². The largest absolute Gasteiger partial charge is 0.484 e. The van der Waals surface area contributed by atoms with Crippen LogP contribution in [0, 0.1) is 11.2 Å². The Labute approximate surface area is 220 Å². The Kier molecular flexibility index (Phi) is 5.96. The molecule has 2 aromatic carbocycles. The highest BCUT2D eigenvalue weighted by Gasteiger charge is 2.56. The van der Waals surface area contributed by atoms with Gasteiger partial charge in [-0.05, 0) is 55.3 Å². The molecule has 1 fully saturated rings. The maximum atomic E-state index is 13.1. The standard InChI is InChI=1S/C27H20ClFN4O5/c28-18-13-17(32-26(35)27(8-9-27)25(34)31-16-3-1-15(29)2-4-16)5-6-20(18)38-21-7-10-30-19-14-22-24(33-23(19)21)37-12-11-36-22/h1-7,10,13-14H,8-9,11-12H2,(H,31,34)(H,32,35). The van der Waals surface area contributed by atoms with Crippen LogP contribution in [-0.4, -0.2) is 35.0 Å². The Morgan fingerprint density at radius 3 is 2.37 bits per heavy atom. The Bertz CT molecular complexity index is 1580. The molecule has 1 saturated carbocycles. The molecule has 0 atom stereocenters. The number of carbonyl (C=O) groups excluding carboxylic acids is 2. The number of ether oxygens (including phenoxy) is 3. The number of nitrogens with one attached hydrogen (secondary N) is 2. The van der Waals surface area contributed by atoms with E-state index in [2.05, 4.69) is 20.6 Å². The molecule has 0 radical (unpaired) electrons. The molecule has 11 heteroatoms. The molecule has 9 nitrogen and oxygen atoms in total. The zero-order valence-electron chi connectivity index (χ0n) is 19.8. The number of pyridine rings is 2. The van der Waals surface area contributed by atoms with E-state index in [9.17, 15) is 14.0 Å². The number of hydrogen-bond acceptors (Lipinski definition) is 7. The summed E-state index contributed by atoms with van der Waals surface area (Å²) < 4.78 is 30.3. The fourth-order valence-electron chi connectivity index (χ4n) is 4.09. The molecule has 2 aliphatic rings. The van der Waals surface area contributed by atoms with Gasteiger partial charge in [-0.25, -0.2) is 9.37 Å². The Balaban J connectivity index is 1.17. The van der Waals surface area contributed by atoms with Crippen LogP contribution in [0.1, 0.15) is 12.8 Å². The van der Waals surface area contributed by atoms with Gasteiger partial charge in [0.05, 0.1) is 10.5 Å². The van der Waals surface area contributed by atoms with Gasteiger partial charge in [-0.3, -0.25) is 14.6 Å². The maximum absolute atomic E-state index is 13.1. The first-order valence-electron chi connectivity index (χ1n) is 11.8. The summed E-state index contributed by atoms with van der Waals surface area (Å²) in [7, 11) is 0. The number of halogens is 2. The van der Waals surface area contributed by atoms with Crippen LogP contribution in [0.3, 0.4) is 0 Å². The number of amides is 2. The first-order chi connectivity index (χ1) is 18.4. The van der Waals surface area contributed by atoms with Crippen LogP contribution < -0.4 is 24.8 Å². The van der Waals surface area contributed by atoms with Crippen molar-refractivity contribution in [3.8, 4) is 23.1 Å². The lowest BCUT2D eigenvalue weighted by atomic mass is 10.0. The molecular weight excluding hydrogens is 515 g/mol. The monoisotopic (exact) mass is 534 g/mol. The second kappa shape index (κ2) is 9.46. The van der Waals surface area contributed by atoms with Crippen molar-refractivity contribution in [2.45, 2.75) is 12.8 Å². The van der Waals surface area contributed by atoms with E-state index in [-0.39, 0.29) is 5.02 Å². The zero-order valence-corrected chi connectivity index (χ0v) is 20.5. The summed E-state index contributed by atoms with van der Waals surface area (Å²) in [6.07, 6.45) is 2.40. The van der Waals surface area contributed by atoms with Crippen LogP contribution in [0.25, 0.3) is 11.0 Å². The maximum Gasteiger partial charge on any atom is 0.257 e. The summed E-state index contributed by atoms with van der Waals surface area (Å²) in [6.45, 7) is 0.838. The van der Waals surface area contributed by atoms with E-state index in [4.69, 9.17) is 25.8 Å². The SMILES string of the molecule is O=C(Nc1ccc(F)cc1)C1(C(=O)Nc2ccc(Oc3ccnc4cc5c(nc34)OCCO5)c(Cl)c2)CC1. The summed E-state index contributed by atoms with van der Waals surface area (Å²) in [6, 6.07) is 13.5. The number of benzene rings is 2. The number of hydrogen-bond donors (Lipinski definition) is 2. The number of aromatic nitrogens is 2. The van der Waals surface area contributed by atoms with E-state index in [0.717, 1.165) is 0 Å². The average molecular weight is 535 g/mol. The first-order valence-corrected chi connectivity index (χ1v) is 12.2. The minimum atomic E-state index is -1.19. The van der Waals surface area contributed by atoms with E-state index in [0.29, 0.717) is 71.6 Å². The molecule has 1 aliphatic heterocycles. The molecule has 1 aliphatic carbocycles. The molecule has 0 saturated heterocycles. The second-order valence-electron chi connectivity index (χ2n) is 8.91. The third-order valence-corrected chi connectivity index (χ3v) is 6.61. The lowest BCUT2D eigenvalue weighted by Gasteiger charge is -2.18. The fourth-order valence-corrected chi connectivity index (χ4v) is 4.31. The molecule has 2 amide bonds. The molecule has 6 rings (SSSR count). The Hall–Kier alpha value is -4.44. The van der Waals surface area contributed by atoms with Crippen molar-refractivity contribution in [1.82, 2.24) is 9.97 Å². The molecule has 2 aromatic heterocycles.